The number of ether oxygens (including phenoxy) is 2. The van der Waals surface area contributed by atoms with Crippen LogP contribution in [0.2, 0.25) is 5.04 Å². The summed E-state index contributed by atoms with van der Waals surface area (Å²) in [5.41, 5.74) is -0.520. The first-order valence-corrected chi connectivity index (χ1v) is 23.0. The van der Waals surface area contributed by atoms with E-state index in [0.717, 1.165) is 45.1 Å². The zero-order valence-corrected chi connectivity index (χ0v) is 36.1. The van der Waals surface area contributed by atoms with Gasteiger partial charge in [0.25, 0.3) is 8.32 Å². The van der Waals surface area contributed by atoms with Crippen molar-refractivity contribution in [3.8, 4) is 6.01 Å². The minimum atomic E-state index is -2.69. The Bertz CT molecular complexity index is 2010. The van der Waals surface area contributed by atoms with Crippen LogP contribution in [0.3, 0.4) is 0 Å². The van der Waals surface area contributed by atoms with Crippen LogP contribution in [0.1, 0.15) is 80.1 Å². The van der Waals surface area contributed by atoms with Gasteiger partial charge in [-0.25, -0.2) is 9.18 Å². The van der Waals surface area contributed by atoms with Gasteiger partial charge in [0.15, 0.2) is 5.82 Å². The van der Waals surface area contributed by atoms with Crippen molar-refractivity contribution in [2.24, 2.45) is 0 Å². The number of carbonyl (C=O) groups is 1. The second kappa shape index (κ2) is 15.0. The van der Waals surface area contributed by atoms with E-state index in [0.29, 0.717) is 42.0 Å². The molecule has 9 nitrogen and oxygen atoms in total. The van der Waals surface area contributed by atoms with Crippen molar-refractivity contribution in [2.45, 2.75) is 114 Å². The van der Waals surface area contributed by atoms with E-state index in [2.05, 4.69) is 107 Å². The number of halogens is 2. The maximum absolute atomic E-state index is 15.8. The number of carbonyl (C=O) groups excluding carboxylic acids is 1. The Morgan fingerprint density at radius 3 is 2.14 bits per heavy atom. The summed E-state index contributed by atoms with van der Waals surface area (Å²) in [5, 5.41) is 3.10. The van der Waals surface area contributed by atoms with E-state index in [-0.39, 0.29) is 46.3 Å². The molecular weight excluding hydrogens is 790 g/mol. The first-order chi connectivity index (χ1) is 26.7. The van der Waals surface area contributed by atoms with Crippen LogP contribution >= 0.6 is 15.9 Å². The highest BCUT2D eigenvalue weighted by Crippen LogP contribution is 2.45. The van der Waals surface area contributed by atoms with Gasteiger partial charge in [-0.1, -0.05) is 81.4 Å². The SMILES string of the molecule is CC(C)(C)OC(=O)N1[C@@H]2CC[C@H]1CN(c1nc(OC[C@@]34CCCN3[C@H](CO[Si](c3ccccc3)(c3ccccc3)C(C)(C)C)CC4)nc3c(F)c(Br)ccc13)C2. The molecule has 0 saturated carbocycles. The smallest absolute Gasteiger partial charge is 0.410 e. The van der Waals surface area contributed by atoms with Crippen LogP contribution in [0, 0.1) is 5.82 Å². The Morgan fingerprint density at radius 1 is 0.893 bits per heavy atom. The van der Waals surface area contributed by atoms with E-state index in [9.17, 15) is 4.79 Å². The zero-order valence-electron chi connectivity index (χ0n) is 33.6. The van der Waals surface area contributed by atoms with E-state index in [1.807, 2.05) is 31.7 Å². The maximum Gasteiger partial charge on any atom is 0.410 e. The van der Waals surface area contributed by atoms with Gasteiger partial charge in [-0.15, -0.1) is 0 Å². The van der Waals surface area contributed by atoms with Gasteiger partial charge in [0.1, 0.15) is 23.5 Å². The number of benzene rings is 3. The fraction of sp³-hybridized carbons (Fsp3) is 0.523. The van der Waals surface area contributed by atoms with Crippen LogP contribution in [0.5, 0.6) is 6.01 Å². The molecule has 3 aromatic carbocycles. The molecular formula is C44H55BrFN5O4Si. The molecule has 8 rings (SSSR count). The number of hydrogen-bond donors (Lipinski definition) is 0. The van der Waals surface area contributed by atoms with Crippen molar-refractivity contribution in [1.82, 2.24) is 19.8 Å². The first-order valence-electron chi connectivity index (χ1n) is 20.3. The topological polar surface area (TPSA) is 80.3 Å². The van der Waals surface area contributed by atoms with Crippen LogP contribution in [0.4, 0.5) is 15.0 Å². The molecule has 4 aromatic rings. The lowest BCUT2D eigenvalue weighted by atomic mass is 9.95. The van der Waals surface area contributed by atoms with E-state index in [4.69, 9.17) is 23.9 Å². The quantitative estimate of drug-likeness (QED) is 0.157. The third-order valence-electron chi connectivity index (χ3n) is 12.5. The summed E-state index contributed by atoms with van der Waals surface area (Å²) >= 11 is 3.38. The van der Waals surface area contributed by atoms with Gasteiger partial charge < -0.3 is 18.8 Å². The van der Waals surface area contributed by atoms with E-state index in [1.165, 1.54) is 10.4 Å². The average Bonchev–Trinajstić information content (AvgIpc) is 3.81. The van der Waals surface area contributed by atoms with E-state index in [1.54, 1.807) is 6.07 Å². The summed E-state index contributed by atoms with van der Waals surface area (Å²) in [6.07, 6.45) is 5.57. The normalized spacial score (nSPS) is 24.2. The van der Waals surface area contributed by atoms with Crippen molar-refractivity contribution in [1.29, 1.82) is 0 Å². The number of nitrogens with zero attached hydrogens (tertiary/aromatic N) is 5. The number of anilines is 1. The summed E-state index contributed by atoms with van der Waals surface area (Å²) in [7, 11) is -2.69. The predicted octanol–water partition coefficient (Wildman–Crippen LogP) is 8.07. The summed E-state index contributed by atoms with van der Waals surface area (Å²) in [4.78, 5) is 29.6. The molecule has 0 aliphatic carbocycles. The average molecular weight is 845 g/mol. The number of hydrogen-bond acceptors (Lipinski definition) is 8. The molecule has 298 valence electrons. The Morgan fingerprint density at radius 2 is 1.54 bits per heavy atom. The minimum absolute atomic E-state index is 0.0225. The van der Waals surface area contributed by atoms with Crippen LogP contribution in [0.25, 0.3) is 10.9 Å². The molecule has 4 fully saturated rings. The zero-order chi connectivity index (χ0) is 39.5. The molecule has 2 bridgehead atoms. The molecule has 0 spiro atoms. The Kier molecular flexibility index (Phi) is 10.5. The lowest BCUT2D eigenvalue weighted by molar-refractivity contribution is 0.0122. The molecule has 12 heteroatoms. The van der Waals surface area contributed by atoms with Crippen LogP contribution in [-0.2, 0) is 9.16 Å². The lowest BCUT2D eigenvalue weighted by Gasteiger charge is -2.44. The Balaban J connectivity index is 1.04. The highest BCUT2D eigenvalue weighted by molar-refractivity contribution is 9.10. The lowest BCUT2D eigenvalue weighted by Crippen LogP contribution is -2.67. The second-order valence-corrected chi connectivity index (χ2v) is 23.4. The van der Waals surface area contributed by atoms with E-state index < -0.39 is 19.7 Å². The van der Waals surface area contributed by atoms with Crippen LogP contribution < -0.4 is 20.0 Å². The Hall–Kier alpha value is -3.58. The van der Waals surface area contributed by atoms with Crippen molar-refractivity contribution in [3.63, 3.8) is 0 Å². The van der Waals surface area contributed by atoms with Crippen LogP contribution in [-0.4, -0.2) is 96.3 Å². The molecule has 0 radical (unpaired) electrons. The van der Waals surface area contributed by atoms with E-state index >= 15 is 4.39 Å². The van der Waals surface area contributed by atoms with Gasteiger partial charge >= 0.3 is 12.1 Å². The van der Waals surface area contributed by atoms with Gasteiger partial charge in [-0.2, -0.15) is 9.97 Å². The first kappa shape index (κ1) is 39.3. The number of rotatable bonds is 9. The standard InChI is InChI=1S/C44H55BrFN5O4Si/c1-42(2,3)55-41(52)51-30-18-19-31(51)27-49(26-30)39-35-20-21-36(45)37(46)38(35)47-40(48-39)53-29-44-23-13-25-50(44)32(22-24-44)28-54-56(43(4,5)6,33-14-9-7-10-15-33)34-16-11-8-12-17-34/h7-12,14-17,20-21,30-32H,13,18-19,22-29H2,1-6H3/t30-,31+,32-,44-/m0/s1. The monoisotopic (exact) mass is 843 g/mol. The highest BCUT2D eigenvalue weighted by atomic mass is 79.9. The Labute approximate surface area is 340 Å². The molecule has 4 saturated heterocycles. The van der Waals surface area contributed by atoms with Crippen molar-refractivity contribution >= 4 is 57.4 Å². The molecule has 4 aliphatic rings. The van der Waals surface area contributed by atoms with Crippen molar-refractivity contribution < 1.29 is 23.1 Å². The van der Waals surface area contributed by atoms with Crippen LogP contribution in [0.15, 0.2) is 77.3 Å². The number of fused-ring (bicyclic) bond motifs is 4. The molecule has 1 amide bonds. The summed E-state index contributed by atoms with van der Waals surface area (Å²) < 4.78 is 36.0. The van der Waals surface area contributed by atoms with Gasteiger partial charge in [-0.05, 0) is 109 Å². The third kappa shape index (κ3) is 7.13. The largest absolute Gasteiger partial charge is 0.461 e. The number of piperazine rings is 1. The molecule has 56 heavy (non-hydrogen) atoms. The number of amides is 1. The third-order valence-corrected chi connectivity index (χ3v) is 18.1. The molecule has 4 aliphatic heterocycles. The molecule has 4 atom stereocenters. The fourth-order valence-corrected chi connectivity index (χ4v) is 15.0. The van der Waals surface area contributed by atoms with Crippen molar-refractivity contribution in [2.75, 3.05) is 37.7 Å². The fourth-order valence-electron chi connectivity index (χ4n) is 10.1. The van der Waals surface area contributed by atoms with Gasteiger partial charge in [0.05, 0.1) is 28.7 Å². The van der Waals surface area contributed by atoms with Gasteiger partial charge in [0.2, 0.25) is 0 Å². The van der Waals surface area contributed by atoms with Gasteiger partial charge in [0, 0.05) is 24.5 Å². The molecule has 0 unspecified atom stereocenters. The summed E-state index contributed by atoms with van der Waals surface area (Å²) in [6.45, 7) is 15.8. The minimum Gasteiger partial charge on any atom is -0.461 e. The predicted molar refractivity (Wildman–Crippen MR) is 225 cm³/mol. The summed E-state index contributed by atoms with van der Waals surface area (Å²) in [5.74, 6) is 0.203. The second-order valence-electron chi connectivity index (χ2n) is 18.2. The summed E-state index contributed by atoms with van der Waals surface area (Å²) in [6, 6.07) is 25.6. The highest BCUT2D eigenvalue weighted by Gasteiger charge is 2.54. The van der Waals surface area contributed by atoms with Crippen molar-refractivity contribution in [3.05, 3.63) is 83.1 Å². The molecule has 0 N–H and O–H groups in total. The number of aromatic nitrogens is 2. The molecule has 5 heterocycles. The molecule has 1 aromatic heterocycles. The maximum atomic E-state index is 15.8. The van der Waals surface area contributed by atoms with Gasteiger partial charge in [-0.3, -0.25) is 9.80 Å².